The first-order valence-corrected chi connectivity index (χ1v) is 8.58. The topological polar surface area (TPSA) is 94.0 Å². The highest BCUT2D eigenvalue weighted by Gasteiger charge is 2.37. The van der Waals surface area contributed by atoms with Crippen LogP contribution in [0.1, 0.15) is 67.6 Å². The van der Waals surface area contributed by atoms with Crippen molar-refractivity contribution in [2.75, 3.05) is 0 Å². The fourth-order valence-corrected chi connectivity index (χ4v) is 3.13. The zero-order chi connectivity index (χ0) is 18.0. The molecule has 25 heavy (non-hydrogen) atoms. The van der Waals surface area contributed by atoms with Crippen LogP contribution >= 0.6 is 0 Å². The van der Waals surface area contributed by atoms with Gasteiger partial charge in [-0.3, -0.25) is 4.79 Å². The van der Waals surface area contributed by atoms with Crippen molar-refractivity contribution >= 4 is 5.91 Å². The van der Waals surface area contributed by atoms with Gasteiger partial charge in [0.25, 0.3) is 5.91 Å². The number of carbonyl (C=O) groups excluding carboxylic acids is 1. The highest BCUT2D eigenvalue weighted by molar-refractivity contribution is 5.94. The highest BCUT2D eigenvalue weighted by Crippen LogP contribution is 2.35. The minimum atomic E-state index is -0.537. The fraction of sp³-hybridized carbons (Fsp3) is 0.500. The Hall–Kier alpha value is -2.28. The van der Waals surface area contributed by atoms with Crippen molar-refractivity contribution in [2.24, 2.45) is 11.7 Å². The largest absolute Gasteiger partial charge is 0.340 e. The van der Waals surface area contributed by atoms with E-state index in [9.17, 15) is 9.18 Å². The normalized spacial score (nSPS) is 17.6. The van der Waals surface area contributed by atoms with E-state index >= 15 is 0 Å². The van der Waals surface area contributed by atoms with Crippen LogP contribution in [0.5, 0.6) is 0 Å². The van der Waals surface area contributed by atoms with E-state index < -0.39 is 11.6 Å². The molecule has 1 aliphatic rings. The molecule has 0 aliphatic heterocycles. The van der Waals surface area contributed by atoms with Gasteiger partial charge in [0.2, 0.25) is 5.89 Å². The predicted molar refractivity (Wildman–Crippen MR) is 90.1 cm³/mol. The third-order valence-electron chi connectivity index (χ3n) is 4.71. The van der Waals surface area contributed by atoms with Gasteiger partial charge in [0, 0.05) is 5.56 Å². The van der Waals surface area contributed by atoms with Gasteiger partial charge in [0.15, 0.2) is 5.82 Å². The number of hydrogen-bond acceptors (Lipinski definition) is 5. The molecular weight excluding hydrogens is 323 g/mol. The van der Waals surface area contributed by atoms with Crippen molar-refractivity contribution < 1.29 is 13.7 Å². The van der Waals surface area contributed by atoms with Crippen LogP contribution in [-0.2, 0) is 5.54 Å². The SMILES string of the molecule is CC(C)C(NC(=O)c1ccc(F)cc1)c1nc(C2(N)CCCC2)no1. The van der Waals surface area contributed by atoms with Crippen molar-refractivity contribution in [2.45, 2.75) is 51.1 Å². The Bertz CT molecular complexity index is 736. The molecule has 6 nitrogen and oxygen atoms in total. The lowest BCUT2D eigenvalue weighted by Gasteiger charge is -2.19. The summed E-state index contributed by atoms with van der Waals surface area (Å²) in [7, 11) is 0. The van der Waals surface area contributed by atoms with Gasteiger partial charge in [-0.05, 0) is 43.0 Å². The van der Waals surface area contributed by atoms with Gasteiger partial charge in [-0.1, -0.05) is 31.8 Å². The van der Waals surface area contributed by atoms with Gasteiger partial charge in [-0.2, -0.15) is 4.98 Å². The van der Waals surface area contributed by atoms with E-state index in [1.165, 1.54) is 24.3 Å². The Morgan fingerprint density at radius 1 is 1.28 bits per heavy atom. The second-order valence-electron chi connectivity index (χ2n) is 7.02. The molecule has 2 aromatic rings. The van der Waals surface area contributed by atoms with Gasteiger partial charge >= 0.3 is 0 Å². The number of benzene rings is 1. The van der Waals surface area contributed by atoms with E-state index in [4.69, 9.17) is 10.3 Å². The highest BCUT2D eigenvalue weighted by atomic mass is 19.1. The summed E-state index contributed by atoms with van der Waals surface area (Å²) in [5.41, 5.74) is 6.20. The van der Waals surface area contributed by atoms with Crippen LogP contribution in [-0.4, -0.2) is 16.0 Å². The molecule has 1 amide bonds. The Balaban J connectivity index is 1.78. The Morgan fingerprint density at radius 2 is 1.92 bits per heavy atom. The average molecular weight is 346 g/mol. The molecule has 3 rings (SSSR count). The summed E-state index contributed by atoms with van der Waals surface area (Å²) >= 11 is 0. The number of halogens is 1. The summed E-state index contributed by atoms with van der Waals surface area (Å²) in [6, 6.07) is 4.94. The summed E-state index contributed by atoms with van der Waals surface area (Å²) < 4.78 is 18.4. The Morgan fingerprint density at radius 3 is 2.52 bits per heavy atom. The lowest BCUT2D eigenvalue weighted by Crippen LogP contribution is -2.35. The molecular formula is C18H23FN4O2. The lowest BCUT2D eigenvalue weighted by atomic mass is 9.98. The molecule has 1 saturated carbocycles. The zero-order valence-corrected chi connectivity index (χ0v) is 14.5. The van der Waals surface area contributed by atoms with E-state index in [0.717, 1.165) is 25.7 Å². The van der Waals surface area contributed by atoms with Crippen LogP contribution in [0.25, 0.3) is 0 Å². The van der Waals surface area contributed by atoms with E-state index in [2.05, 4.69) is 15.5 Å². The first kappa shape index (κ1) is 17.5. The minimum absolute atomic E-state index is 0.0370. The molecule has 0 radical (unpaired) electrons. The number of hydrogen-bond donors (Lipinski definition) is 2. The minimum Gasteiger partial charge on any atom is -0.340 e. The summed E-state index contributed by atoms with van der Waals surface area (Å²) in [6.45, 7) is 3.90. The second kappa shape index (κ2) is 6.92. The molecule has 1 atom stereocenters. The number of nitrogens with one attached hydrogen (secondary N) is 1. The zero-order valence-electron chi connectivity index (χ0n) is 14.5. The summed E-state index contributed by atoms with van der Waals surface area (Å²) in [5.74, 6) is 0.180. The molecule has 0 bridgehead atoms. The number of nitrogens with two attached hydrogens (primary N) is 1. The van der Waals surface area contributed by atoms with Gasteiger partial charge < -0.3 is 15.6 Å². The number of amides is 1. The quantitative estimate of drug-likeness (QED) is 0.868. The maximum atomic E-state index is 13.0. The van der Waals surface area contributed by atoms with Gasteiger partial charge in [-0.25, -0.2) is 4.39 Å². The molecule has 0 spiro atoms. The molecule has 1 aromatic carbocycles. The maximum Gasteiger partial charge on any atom is 0.251 e. The molecule has 1 heterocycles. The predicted octanol–water partition coefficient (Wildman–Crippen LogP) is 3.06. The van der Waals surface area contributed by atoms with Gasteiger partial charge in [-0.15, -0.1) is 0 Å². The van der Waals surface area contributed by atoms with Crippen LogP contribution in [0.4, 0.5) is 4.39 Å². The third-order valence-corrected chi connectivity index (χ3v) is 4.71. The van der Waals surface area contributed by atoms with Crippen molar-refractivity contribution in [3.05, 3.63) is 47.4 Å². The number of aromatic nitrogens is 2. The number of carbonyl (C=O) groups is 1. The molecule has 1 fully saturated rings. The van der Waals surface area contributed by atoms with E-state index in [-0.39, 0.29) is 17.6 Å². The molecule has 3 N–H and O–H groups in total. The van der Waals surface area contributed by atoms with E-state index in [1.807, 2.05) is 13.8 Å². The molecule has 1 aromatic heterocycles. The molecule has 134 valence electrons. The van der Waals surface area contributed by atoms with Crippen LogP contribution in [0.3, 0.4) is 0 Å². The molecule has 7 heteroatoms. The lowest BCUT2D eigenvalue weighted by molar-refractivity contribution is 0.0914. The fourth-order valence-electron chi connectivity index (χ4n) is 3.13. The van der Waals surface area contributed by atoms with Crippen molar-refractivity contribution in [3.8, 4) is 0 Å². The van der Waals surface area contributed by atoms with Crippen LogP contribution in [0.2, 0.25) is 0 Å². The summed E-state index contributed by atoms with van der Waals surface area (Å²) in [5, 5.41) is 6.94. The average Bonchev–Trinajstić information content (AvgIpc) is 3.23. The van der Waals surface area contributed by atoms with Crippen molar-refractivity contribution in [1.29, 1.82) is 0 Å². The van der Waals surface area contributed by atoms with E-state index in [1.54, 1.807) is 0 Å². The molecule has 1 unspecified atom stereocenters. The van der Waals surface area contributed by atoms with Crippen LogP contribution in [0.15, 0.2) is 28.8 Å². The number of rotatable bonds is 5. The number of nitrogens with zero attached hydrogens (tertiary/aromatic N) is 2. The van der Waals surface area contributed by atoms with Crippen molar-refractivity contribution in [3.63, 3.8) is 0 Å². The van der Waals surface area contributed by atoms with Crippen LogP contribution < -0.4 is 11.1 Å². The second-order valence-corrected chi connectivity index (χ2v) is 7.02. The van der Waals surface area contributed by atoms with Crippen molar-refractivity contribution in [1.82, 2.24) is 15.5 Å². The van der Waals surface area contributed by atoms with Gasteiger partial charge in [0.1, 0.15) is 11.9 Å². The summed E-state index contributed by atoms with van der Waals surface area (Å²) in [4.78, 5) is 16.9. The smallest absolute Gasteiger partial charge is 0.251 e. The van der Waals surface area contributed by atoms with Gasteiger partial charge in [0.05, 0.1) is 5.54 Å². The standard InChI is InChI=1S/C18H23FN4O2/c1-11(2)14(21-15(24)12-5-7-13(19)8-6-12)16-22-17(23-25-16)18(20)9-3-4-10-18/h5-8,11,14H,3-4,9-10,20H2,1-2H3,(H,21,24). The Labute approximate surface area is 146 Å². The summed E-state index contributed by atoms with van der Waals surface area (Å²) in [6.07, 6.45) is 3.77. The first-order chi connectivity index (χ1) is 11.9. The first-order valence-electron chi connectivity index (χ1n) is 8.58. The third kappa shape index (κ3) is 3.71. The van der Waals surface area contributed by atoms with E-state index in [0.29, 0.717) is 17.3 Å². The molecule has 1 aliphatic carbocycles. The van der Waals surface area contributed by atoms with Crippen LogP contribution in [0, 0.1) is 11.7 Å². The Kier molecular flexibility index (Phi) is 4.85. The molecule has 0 saturated heterocycles. The monoisotopic (exact) mass is 346 g/mol. The maximum absolute atomic E-state index is 13.0.